The van der Waals surface area contributed by atoms with Crippen molar-refractivity contribution in [3.8, 4) is 5.75 Å². The predicted octanol–water partition coefficient (Wildman–Crippen LogP) is 2.46. The average Bonchev–Trinajstić information content (AvgIpc) is 2.01. The van der Waals surface area contributed by atoms with E-state index in [4.69, 9.17) is 16.3 Å². The van der Waals surface area contributed by atoms with E-state index >= 15 is 0 Å². The molecular formula is C10H13Cl2NO. The maximum atomic E-state index is 6.01. The summed E-state index contributed by atoms with van der Waals surface area (Å²) in [5, 5.41) is 3.93. The van der Waals surface area contributed by atoms with Crippen LogP contribution in [0.2, 0.25) is 5.02 Å². The van der Waals surface area contributed by atoms with Crippen molar-refractivity contribution in [1.82, 2.24) is 5.32 Å². The van der Waals surface area contributed by atoms with Crippen LogP contribution in [-0.2, 0) is 0 Å². The zero-order valence-electron chi connectivity index (χ0n) is 7.92. The van der Waals surface area contributed by atoms with Gasteiger partial charge in [0.05, 0.1) is 12.1 Å². The van der Waals surface area contributed by atoms with Gasteiger partial charge in [0, 0.05) is 19.0 Å². The van der Waals surface area contributed by atoms with E-state index in [9.17, 15) is 0 Å². The highest BCUT2D eigenvalue weighted by Gasteiger charge is 2.19. The quantitative estimate of drug-likeness (QED) is 0.848. The molecule has 78 valence electrons. The second-order valence-corrected chi connectivity index (χ2v) is 3.66. The van der Waals surface area contributed by atoms with Gasteiger partial charge in [-0.15, -0.1) is 12.4 Å². The third-order valence-electron chi connectivity index (χ3n) is 2.43. The van der Waals surface area contributed by atoms with Crippen LogP contribution in [-0.4, -0.2) is 20.2 Å². The van der Waals surface area contributed by atoms with Gasteiger partial charge in [0.15, 0.2) is 0 Å². The minimum atomic E-state index is 0. The van der Waals surface area contributed by atoms with Gasteiger partial charge in [0.1, 0.15) is 5.75 Å². The fourth-order valence-electron chi connectivity index (χ4n) is 1.46. The van der Waals surface area contributed by atoms with Crippen LogP contribution in [0.4, 0.5) is 0 Å². The Bertz CT molecular complexity index is 313. The molecule has 1 aromatic rings. The number of nitrogens with one attached hydrogen (secondary N) is 1. The van der Waals surface area contributed by atoms with Crippen molar-refractivity contribution in [3.63, 3.8) is 0 Å². The van der Waals surface area contributed by atoms with Crippen LogP contribution in [0.1, 0.15) is 11.5 Å². The van der Waals surface area contributed by atoms with Gasteiger partial charge < -0.3 is 10.1 Å². The van der Waals surface area contributed by atoms with E-state index in [-0.39, 0.29) is 12.4 Å². The van der Waals surface area contributed by atoms with Crippen molar-refractivity contribution in [2.75, 3.05) is 20.2 Å². The van der Waals surface area contributed by atoms with Crippen LogP contribution in [0.15, 0.2) is 18.2 Å². The van der Waals surface area contributed by atoms with Crippen LogP contribution in [0, 0.1) is 0 Å². The molecule has 0 amide bonds. The van der Waals surface area contributed by atoms with Gasteiger partial charge >= 0.3 is 0 Å². The molecule has 0 aliphatic carbocycles. The van der Waals surface area contributed by atoms with Crippen molar-refractivity contribution in [2.24, 2.45) is 0 Å². The topological polar surface area (TPSA) is 21.3 Å². The van der Waals surface area contributed by atoms with Crippen molar-refractivity contribution in [3.05, 3.63) is 28.8 Å². The van der Waals surface area contributed by atoms with Crippen LogP contribution in [0.5, 0.6) is 5.75 Å². The fraction of sp³-hybridized carbons (Fsp3) is 0.400. The molecule has 1 heterocycles. The summed E-state index contributed by atoms with van der Waals surface area (Å²) in [6.07, 6.45) is 0. The maximum Gasteiger partial charge on any atom is 0.137 e. The van der Waals surface area contributed by atoms with Gasteiger partial charge in [0.25, 0.3) is 0 Å². The molecule has 0 aromatic heterocycles. The zero-order chi connectivity index (χ0) is 9.26. The summed E-state index contributed by atoms with van der Waals surface area (Å²) in [5.74, 6) is 1.38. The highest BCUT2D eigenvalue weighted by molar-refractivity contribution is 6.32. The van der Waals surface area contributed by atoms with Gasteiger partial charge in [-0.3, -0.25) is 0 Å². The molecule has 1 fully saturated rings. The van der Waals surface area contributed by atoms with Gasteiger partial charge in [0.2, 0.25) is 0 Å². The summed E-state index contributed by atoms with van der Waals surface area (Å²) >= 11 is 6.01. The Morgan fingerprint density at radius 2 is 2.14 bits per heavy atom. The van der Waals surface area contributed by atoms with E-state index in [0.29, 0.717) is 10.9 Å². The monoisotopic (exact) mass is 233 g/mol. The minimum Gasteiger partial charge on any atom is -0.495 e. The second kappa shape index (κ2) is 4.87. The molecule has 0 bridgehead atoms. The summed E-state index contributed by atoms with van der Waals surface area (Å²) < 4.78 is 5.08. The Kier molecular flexibility index (Phi) is 4.05. The molecule has 1 aromatic carbocycles. The first-order chi connectivity index (χ1) is 6.31. The van der Waals surface area contributed by atoms with Crippen molar-refractivity contribution < 1.29 is 4.74 Å². The molecule has 1 N–H and O–H groups in total. The number of hydrogen-bond donors (Lipinski definition) is 1. The van der Waals surface area contributed by atoms with Gasteiger partial charge in [-0.05, 0) is 17.7 Å². The Balaban J connectivity index is 0.000000980. The van der Waals surface area contributed by atoms with Crippen LogP contribution in [0.25, 0.3) is 0 Å². The number of hydrogen-bond acceptors (Lipinski definition) is 2. The zero-order valence-corrected chi connectivity index (χ0v) is 9.49. The maximum absolute atomic E-state index is 6.01. The van der Waals surface area contributed by atoms with Gasteiger partial charge in [-0.25, -0.2) is 0 Å². The Labute approximate surface area is 95.0 Å². The van der Waals surface area contributed by atoms with E-state index in [2.05, 4.69) is 11.4 Å². The molecule has 4 heteroatoms. The highest BCUT2D eigenvalue weighted by atomic mass is 35.5. The third kappa shape index (κ3) is 2.14. The first-order valence-electron chi connectivity index (χ1n) is 4.35. The smallest absolute Gasteiger partial charge is 0.137 e. The van der Waals surface area contributed by atoms with E-state index < -0.39 is 0 Å². The largest absolute Gasteiger partial charge is 0.495 e. The lowest BCUT2D eigenvalue weighted by Gasteiger charge is -2.27. The number of ether oxygens (including phenoxy) is 1. The van der Waals surface area contributed by atoms with Crippen molar-refractivity contribution in [2.45, 2.75) is 5.92 Å². The SMILES string of the molecule is COc1ccc(C2CNC2)cc1Cl.Cl. The normalized spacial score (nSPS) is 15.6. The molecule has 2 rings (SSSR count). The molecule has 0 radical (unpaired) electrons. The van der Waals surface area contributed by atoms with Crippen molar-refractivity contribution >= 4 is 24.0 Å². The highest BCUT2D eigenvalue weighted by Crippen LogP contribution is 2.29. The van der Waals surface area contributed by atoms with E-state index in [1.165, 1.54) is 5.56 Å². The molecule has 0 unspecified atom stereocenters. The molecule has 1 aliphatic rings. The van der Waals surface area contributed by atoms with Crippen molar-refractivity contribution in [1.29, 1.82) is 0 Å². The number of rotatable bonds is 2. The number of halogens is 2. The second-order valence-electron chi connectivity index (χ2n) is 3.25. The summed E-state index contributed by atoms with van der Waals surface area (Å²) in [4.78, 5) is 0. The van der Waals surface area contributed by atoms with Gasteiger partial charge in [-0.2, -0.15) is 0 Å². The predicted molar refractivity (Wildman–Crippen MR) is 60.9 cm³/mol. The van der Waals surface area contributed by atoms with E-state index in [1.54, 1.807) is 7.11 Å². The molecule has 0 atom stereocenters. The molecule has 0 spiro atoms. The molecule has 14 heavy (non-hydrogen) atoms. The van der Waals surface area contributed by atoms with Crippen LogP contribution in [0.3, 0.4) is 0 Å². The summed E-state index contributed by atoms with van der Waals surface area (Å²) in [6, 6.07) is 6.00. The van der Waals surface area contributed by atoms with E-state index in [1.807, 2.05) is 12.1 Å². The third-order valence-corrected chi connectivity index (χ3v) is 2.72. The summed E-state index contributed by atoms with van der Waals surface area (Å²) in [6.45, 7) is 2.12. The van der Waals surface area contributed by atoms with Crippen LogP contribution >= 0.6 is 24.0 Å². The van der Waals surface area contributed by atoms with Crippen LogP contribution < -0.4 is 10.1 Å². The lowest BCUT2D eigenvalue weighted by atomic mass is 9.94. The molecule has 0 saturated carbocycles. The standard InChI is InChI=1S/C10H12ClNO.ClH/c1-13-10-3-2-7(4-9(10)11)8-5-12-6-8;/h2-4,8,12H,5-6H2,1H3;1H. The lowest BCUT2D eigenvalue weighted by molar-refractivity contribution is 0.413. The molecule has 1 aliphatic heterocycles. The molecule has 2 nitrogen and oxygen atoms in total. The first kappa shape index (κ1) is 11.6. The van der Waals surface area contributed by atoms with Gasteiger partial charge in [-0.1, -0.05) is 17.7 Å². The minimum absolute atomic E-state index is 0. The average molecular weight is 234 g/mol. The first-order valence-corrected chi connectivity index (χ1v) is 4.73. The Morgan fingerprint density at radius 1 is 1.43 bits per heavy atom. The Morgan fingerprint density at radius 3 is 2.57 bits per heavy atom. The summed E-state index contributed by atoms with van der Waals surface area (Å²) in [7, 11) is 1.63. The number of methoxy groups -OCH3 is 1. The number of benzene rings is 1. The molecule has 1 saturated heterocycles. The Hall–Kier alpha value is -0.440. The lowest BCUT2D eigenvalue weighted by Crippen LogP contribution is -2.39. The fourth-order valence-corrected chi connectivity index (χ4v) is 1.73. The summed E-state index contributed by atoms with van der Waals surface area (Å²) in [5.41, 5.74) is 1.30. The van der Waals surface area contributed by atoms with E-state index in [0.717, 1.165) is 18.8 Å². The molecular weight excluding hydrogens is 221 g/mol.